The van der Waals surface area contributed by atoms with Crippen LogP contribution in [0, 0.1) is 15.9 Å². The summed E-state index contributed by atoms with van der Waals surface area (Å²) in [6.45, 7) is 0.322. The summed E-state index contributed by atoms with van der Waals surface area (Å²) < 4.78 is 24.8. The Labute approximate surface area is 186 Å². The maximum Gasteiger partial charge on any atom is 0.305 e. The molecule has 0 saturated carbocycles. The highest BCUT2D eigenvalue weighted by atomic mass is 35.5. The predicted octanol–water partition coefficient (Wildman–Crippen LogP) is 5.66. The molecule has 8 nitrogen and oxygen atoms in total. The van der Waals surface area contributed by atoms with Crippen molar-refractivity contribution in [3.63, 3.8) is 0 Å². The predicted molar refractivity (Wildman–Crippen MR) is 118 cm³/mol. The van der Waals surface area contributed by atoms with Crippen molar-refractivity contribution in [2.75, 3.05) is 12.4 Å². The van der Waals surface area contributed by atoms with Crippen LogP contribution < -0.4 is 14.8 Å². The van der Waals surface area contributed by atoms with Gasteiger partial charge in [0, 0.05) is 17.8 Å². The molecule has 0 aliphatic rings. The average Bonchev–Trinajstić information content (AvgIpc) is 2.78. The third-order valence-corrected chi connectivity index (χ3v) is 4.94. The van der Waals surface area contributed by atoms with Crippen molar-refractivity contribution in [1.82, 2.24) is 9.97 Å². The molecule has 0 spiro atoms. The van der Waals surface area contributed by atoms with Gasteiger partial charge in [0.15, 0.2) is 0 Å². The summed E-state index contributed by atoms with van der Waals surface area (Å²) in [6, 6.07) is 14.6. The first kappa shape index (κ1) is 21.3. The summed E-state index contributed by atoms with van der Waals surface area (Å²) in [6.07, 6.45) is 1.24. The molecule has 0 atom stereocenters. The van der Waals surface area contributed by atoms with Gasteiger partial charge in [-0.15, -0.1) is 0 Å². The first-order valence-corrected chi connectivity index (χ1v) is 9.73. The van der Waals surface area contributed by atoms with Crippen LogP contribution in [0.5, 0.6) is 11.5 Å². The Hall–Kier alpha value is -3.98. The lowest BCUT2D eigenvalue weighted by atomic mass is 10.2. The zero-order chi connectivity index (χ0) is 22.7. The van der Waals surface area contributed by atoms with Gasteiger partial charge >= 0.3 is 5.69 Å². The number of fused-ring (bicyclic) bond motifs is 1. The fraction of sp³-hybridized carbons (Fsp3) is 0.0909. The van der Waals surface area contributed by atoms with Crippen LogP contribution in [0.4, 0.5) is 21.6 Å². The van der Waals surface area contributed by atoms with E-state index < -0.39 is 16.4 Å². The molecule has 1 aromatic heterocycles. The molecule has 162 valence electrons. The molecular formula is C22H16ClFN4O4. The number of hydrogen-bond donors (Lipinski definition) is 1. The maximum atomic E-state index is 13.9. The van der Waals surface area contributed by atoms with Crippen molar-refractivity contribution in [1.29, 1.82) is 0 Å². The maximum absolute atomic E-state index is 13.9. The standard InChI is InChI=1S/C22H16ClFN4O4/c1-31-15-5-2-13(3-6-15)11-32-21-7-4-14(8-17(21)23)27-22-16-9-20(28(29)30)18(24)10-19(16)25-12-26-22/h2-10,12H,11H2,1H3,(H,25,26,27). The average molecular weight is 455 g/mol. The molecule has 0 aliphatic carbocycles. The quantitative estimate of drug-likeness (QED) is 0.284. The van der Waals surface area contributed by atoms with E-state index in [2.05, 4.69) is 15.3 Å². The number of benzene rings is 3. The second-order valence-electron chi connectivity index (χ2n) is 6.71. The number of halogens is 2. The van der Waals surface area contributed by atoms with E-state index in [0.29, 0.717) is 28.5 Å². The number of nitro benzene ring substituents is 1. The van der Waals surface area contributed by atoms with Crippen LogP contribution in [0.1, 0.15) is 5.56 Å². The van der Waals surface area contributed by atoms with Crippen molar-refractivity contribution in [3.8, 4) is 11.5 Å². The number of hydrogen-bond acceptors (Lipinski definition) is 7. The van der Waals surface area contributed by atoms with Gasteiger partial charge in [-0.2, -0.15) is 4.39 Å². The van der Waals surface area contributed by atoms with Gasteiger partial charge < -0.3 is 14.8 Å². The number of ether oxygens (including phenoxy) is 2. The van der Waals surface area contributed by atoms with Gasteiger partial charge in [0.05, 0.1) is 28.0 Å². The largest absolute Gasteiger partial charge is 0.497 e. The first-order chi connectivity index (χ1) is 15.4. The van der Waals surface area contributed by atoms with Crippen LogP contribution >= 0.6 is 11.6 Å². The minimum Gasteiger partial charge on any atom is -0.497 e. The lowest BCUT2D eigenvalue weighted by molar-refractivity contribution is -0.387. The van der Waals surface area contributed by atoms with Crippen LogP contribution in [0.25, 0.3) is 10.9 Å². The van der Waals surface area contributed by atoms with E-state index in [1.165, 1.54) is 6.33 Å². The number of rotatable bonds is 7. The molecule has 4 rings (SSSR count). The molecule has 0 aliphatic heterocycles. The van der Waals surface area contributed by atoms with Crippen molar-refractivity contribution < 1.29 is 18.8 Å². The zero-order valence-electron chi connectivity index (χ0n) is 16.7. The molecule has 0 amide bonds. The van der Waals surface area contributed by atoms with Crippen LogP contribution in [0.15, 0.2) is 60.9 Å². The SMILES string of the molecule is COc1ccc(COc2ccc(Nc3ncnc4cc(F)c([N+](=O)[O-])cc34)cc2Cl)cc1. The zero-order valence-corrected chi connectivity index (χ0v) is 17.5. The highest BCUT2D eigenvalue weighted by Crippen LogP contribution is 2.32. The second kappa shape index (κ2) is 9.03. The molecule has 0 radical (unpaired) electrons. The smallest absolute Gasteiger partial charge is 0.305 e. The Kier molecular flexibility index (Phi) is 6.00. The Morgan fingerprint density at radius 1 is 1.12 bits per heavy atom. The molecule has 10 heteroatoms. The summed E-state index contributed by atoms with van der Waals surface area (Å²) in [5, 5.41) is 14.8. The van der Waals surface area contributed by atoms with Crippen molar-refractivity contribution in [2.24, 2.45) is 0 Å². The first-order valence-electron chi connectivity index (χ1n) is 9.35. The van der Waals surface area contributed by atoms with Gasteiger partial charge in [-0.05, 0) is 35.9 Å². The number of anilines is 2. The summed E-state index contributed by atoms with van der Waals surface area (Å²) in [5.41, 5.74) is 1.09. The molecule has 0 bridgehead atoms. The summed E-state index contributed by atoms with van der Waals surface area (Å²) in [5.74, 6) is 0.556. The molecule has 1 heterocycles. The highest BCUT2D eigenvalue weighted by molar-refractivity contribution is 6.32. The Balaban J connectivity index is 1.54. The highest BCUT2D eigenvalue weighted by Gasteiger charge is 2.18. The molecule has 0 saturated heterocycles. The number of nitrogens with zero attached hydrogens (tertiary/aromatic N) is 3. The molecule has 1 N–H and O–H groups in total. The number of nitro groups is 1. The van der Waals surface area contributed by atoms with E-state index in [1.807, 2.05) is 24.3 Å². The monoisotopic (exact) mass is 454 g/mol. The van der Waals surface area contributed by atoms with Gasteiger partial charge in [0.2, 0.25) is 5.82 Å². The van der Waals surface area contributed by atoms with E-state index in [4.69, 9.17) is 21.1 Å². The molecule has 32 heavy (non-hydrogen) atoms. The van der Waals surface area contributed by atoms with Gasteiger partial charge in [-0.25, -0.2) is 9.97 Å². The van der Waals surface area contributed by atoms with Crippen LogP contribution in [-0.4, -0.2) is 22.0 Å². The fourth-order valence-corrected chi connectivity index (χ4v) is 3.26. The minimum atomic E-state index is -0.964. The lowest BCUT2D eigenvalue weighted by Gasteiger charge is -2.12. The van der Waals surface area contributed by atoms with Gasteiger partial charge in [-0.3, -0.25) is 10.1 Å². The molecular weight excluding hydrogens is 439 g/mol. The van der Waals surface area contributed by atoms with E-state index >= 15 is 0 Å². The van der Waals surface area contributed by atoms with E-state index in [-0.39, 0.29) is 11.3 Å². The molecule has 0 unspecified atom stereocenters. The van der Waals surface area contributed by atoms with E-state index in [1.54, 1.807) is 25.3 Å². The third-order valence-electron chi connectivity index (χ3n) is 4.65. The number of aromatic nitrogens is 2. The van der Waals surface area contributed by atoms with E-state index in [0.717, 1.165) is 23.4 Å². The Bertz CT molecular complexity index is 1300. The van der Waals surface area contributed by atoms with Crippen molar-refractivity contribution in [3.05, 3.63) is 87.4 Å². The van der Waals surface area contributed by atoms with E-state index in [9.17, 15) is 14.5 Å². The topological polar surface area (TPSA) is 99.4 Å². The molecule has 3 aromatic carbocycles. The van der Waals surface area contributed by atoms with Crippen LogP contribution in [0.3, 0.4) is 0 Å². The van der Waals surface area contributed by atoms with Crippen molar-refractivity contribution >= 4 is 39.7 Å². The Morgan fingerprint density at radius 3 is 2.59 bits per heavy atom. The normalized spacial score (nSPS) is 10.7. The summed E-state index contributed by atoms with van der Waals surface area (Å²) in [4.78, 5) is 18.4. The fourth-order valence-electron chi connectivity index (χ4n) is 3.02. The third kappa shape index (κ3) is 4.52. The van der Waals surface area contributed by atoms with Crippen LogP contribution in [-0.2, 0) is 6.61 Å². The minimum absolute atomic E-state index is 0.233. The van der Waals surface area contributed by atoms with Crippen molar-refractivity contribution in [2.45, 2.75) is 6.61 Å². The summed E-state index contributed by atoms with van der Waals surface area (Å²) in [7, 11) is 1.60. The van der Waals surface area contributed by atoms with Gasteiger partial charge in [-0.1, -0.05) is 23.7 Å². The lowest BCUT2D eigenvalue weighted by Crippen LogP contribution is -2.00. The second-order valence-corrected chi connectivity index (χ2v) is 7.11. The van der Waals surface area contributed by atoms with Gasteiger partial charge in [0.1, 0.15) is 30.3 Å². The van der Waals surface area contributed by atoms with Crippen LogP contribution in [0.2, 0.25) is 5.02 Å². The number of methoxy groups -OCH3 is 1. The van der Waals surface area contributed by atoms with Gasteiger partial charge in [0.25, 0.3) is 0 Å². The Morgan fingerprint density at radius 2 is 1.91 bits per heavy atom. The summed E-state index contributed by atoms with van der Waals surface area (Å²) >= 11 is 6.36. The molecule has 4 aromatic rings. The number of nitrogens with one attached hydrogen (secondary N) is 1. The molecule has 0 fully saturated rings.